The van der Waals surface area contributed by atoms with Crippen molar-refractivity contribution < 1.29 is 9.47 Å². The van der Waals surface area contributed by atoms with Crippen LogP contribution in [0.3, 0.4) is 0 Å². The standard InChI is InChI=1S/C20H27N3O2S/c26-20(21-17-10-14-1-3-16(17)9-14)23-7-5-22(6-8-23)12-15-2-4-18-19(11-15)25-13-24-18/h2,4,11,14,16-17H,1,3,5-10,12-13H2,(H,21,26)/t14-,16+,17+/m0/s1. The van der Waals surface area contributed by atoms with Gasteiger partial charge in [0.25, 0.3) is 0 Å². The van der Waals surface area contributed by atoms with Gasteiger partial charge in [0.15, 0.2) is 16.6 Å². The van der Waals surface area contributed by atoms with Gasteiger partial charge in [-0.3, -0.25) is 4.90 Å². The number of ether oxygens (including phenoxy) is 2. The van der Waals surface area contributed by atoms with E-state index in [1.54, 1.807) is 0 Å². The summed E-state index contributed by atoms with van der Waals surface area (Å²) in [6.07, 6.45) is 5.58. The van der Waals surface area contributed by atoms with Crippen LogP contribution in [0.4, 0.5) is 0 Å². The third kappa shape index (κ3) is 3.25. The van der Waals surface area contributed by atoms with E-state index in [9.17, 15) is 0 Å². The number of piperazine rings is 1. The molecule has 5 nitrogen and oxygen atoms in total. The van der Waals surface area contributed by atoms with Gasteiger partial charge in [0.2, 0.25) is 6.79 Å². The van der Waals surface area contributed by atoms with Gasteiger partial charge >= 0.3 is 0 Å². The van der Waals surface area contributed by atoms with Crippen molar-refractivity contribution in [3.8, 4) is 11.5 Å². The molecule has 1 aromatic rings. The number of nitrogens with one attached hydrogen (secondary N) is 1. The summed E-state index contributed by atoms with van der Waals surface area (Å²) in [7, 11) is 0. The van der Waals surface area contributed by atoms with E-state index in [2.05, 4.69) is 27.2 Å². The first-order valence-corrected chi connectivity index (χ1v) is 10.3. The van der Waals surface area contributed by atoms with Gasteiger partial charge < -0.3 is 19.7 Å². The van der Waals surface area contributed by atoms with Crippen LogP contribution in [0.1, 0.15) is 31.2 Å². The summed E-state index contributed by atoms with van der Waals surface area (Å²) in [5, 5.41) is 4.66. The second-order valence-electron chi connectivity index (χ2n) is 8.18. The van der Waals surface area contributed by atoms with Crippen LogP contribution in [0.2, 0.25) is 0 Å². The number of thiocarbonyl (C=S) groups is 1. The minimum Gasteiger partial charge on any atom is -0.454 e. The first-order chi connectivity index (χ1) is 12.7. The van der Waals surface area contributed by atoms with Crippen molar-refractivity contribution in [3.63, 3.8) is 0 Å². The second kappa shape index (κ2) is 6.89. The van der Waals surface area contributed by atoms with Crippen LogP contribution in [0.15, 0.2) is 18.2 Å². The molecule has 26 heavy (non-hydrogen) atoms. The number of fused-ring (bicyclic) bond motifs is 3. The van der Waals surface area contributed by atoms with Gasteiger partial charge in [-0.25, -0.2) is 0 Å². The van der Waals surface area contributed by atoms with Crippen molar-refractivity contribution in [1.29, 1.82) is 0 Å². The number of hydrogen-bond acceptors (Lipinski definition) is 4. The lowest BCUT2D eigenvalue weighted by atomic mass is 9.95. The third-order valence-corrected chi connectivity index (χ3v) is 6.93. The summed E-state index contributed by atoms with van der Waals surface area (Å²) in [5.74, 6) is 3.55. The molecule has 0 spiro atoms. The molecule has 2 aliphatic carbocycles. The molecule has 0 radical (unpaired) electrons. The van der Waals surface area contributed by atoms with E-state index in [-0.39, 0.29) is 0 Å². The van der Waals surface area contributed by atoms with Crippen molar-refractivity contribution in [2.75, 3.05) is 33.0 Å². The Morgan fingerprint density at radius 2 is 1.92 bits per heavy atom. The van der Waals surface area contributed by atoms with Gasteiger partial charge in [0.1, 0.15) is 0 Å². The Labute approximate surface area is 160 Å². The molecule has 4 aliphatic rings. The lowest BCUT2D eigenvalue weighted by molar-refractivity contribution is 0.171. The van der Waals surface area contributed by atoms with E-state index in [1.807, 2.05) is 6.07 Å². The maximum absolute atomic E-state index is 5.71. The minimum atomic E-state index is 0.338. The van der Waals surface area contributed by atoms with Crippen LogP contribution < -0.4 is 14.8 Å². The molecule has 0 unspecified atom stereocenters. The minimum absolute atomic E-state index is 0.338. The Morgan fingerprint density at radius 1 is 1.08 bits per heavy atom. The molecule has 0 aromatic heterocycles. The van der Waals surface area contributed by atoms with E-state index in [4.69, 9.17) is 21.7 Å². The maximum Gasteiger partial charge on any atom is 0.231 e. The van der Waals surface area contributed by atoms with E-state index in [0.29, 0.717) is 12.8 Å². The highest BCUT2D eigenvalue weighted by atomic mass is 32.1. The first-order valence-electron chi connectivity index (χ1n) is 9.91. The van der Waals surface area contributed by atoms with E-state index in [0.717, 1.165) is 61.2 Å². The fourth-order valence-electron chi connectivity index (χ4n) is 5.08. The highest BCUT2D eigenvalue weighted by molar-refractivity contribution is 7.80. The van der Waals surface area contributed by atoms with Gasteiger partial charge in [-0.15, -0.1) is 0 Å². The smallest absolute Gasteiger partial charge is 0.231 e. The lowest BCUT2D eigenvalue weighted by Crippen LogP contribution is -2.53. The molecule has 1 aromatic carbocycles. The Bertz CT molecular complexity index is 690. The summed E-state index contributed by atoms with van der Waals surface area (Å²) in [6.45, 7) is 5.41. The average Bonchev–Trinajstić information content (AvgIpc) is 3.38. The summed E-state index contributed by atoms with van der Waals surface area (Å²) < 4.78 is 10.9. The number of hydrogen-bond donors (Lipinski definition) is 1. The molecule has 1 saturated heterocycles. The molecule has 6 heteroatoms. The maximum atomic E-state index is 5.71. The predicted molar refractivity (Wildman–Crippen MR) is 104 cm³/mol. The summed E-state index contributed by atoms with van der Waals surface area (Å²) >= 11 is 5.71. The highest BCUT2D eigenvalue weighted by Gasteiger charge is 2.40. The van der Waals surface area contributed by atoms with Gasteiger partial charge in [-0.2, -0.15) is 0 Å². The predicted octanol–water partition coefficient (Wildman–Crippen LogP) is 2.60. The van der Waals surface area contributed by atoms with Gasteiger partial charge in [0, 0.05) is 38.8 Å². The molecule has 2 aliphatic heterocycles. The molecule has 0 amide bonds. The van der Waals surface area contributed by atoms with E-state index in [1.165, 1.54) is 31.2 Å². The molecule has 2 saturated carbocycles. The topological polar surface area (TPSA) is 37.0 Å². The normalized spacial score (nSPS) is 30.0. The molecule has 5 rings (SSSR count). The molecule has 3 fully saturated rings. The molecular weight excluding hydrogens is 346 g/mol. The van der Waals surface area contributed by atoms with Crippen molar-refractivity contribution in [3.05, 3.63) is 23.8 Å². The van der Waals surface area contributed by atoms with Crippen molar-refractivity contribution in [2.24, 2.45) is 11.8 Å². The first kappa shape index (κ1) is 16.6. The summed E-state index contributed by atoms with van der Waals surface area (Å²) in [4.78, 5) is 4.85. The fraction of sp³-hybridized carbons (Fsp3) is 0.650. The Kier molecular flexibility index (Phi) is 4.41. The van der Waals surface area contributed by atoms with Crippen molar-refractivity contribution in [2.45, 2.75) is 38.3 Å². The summed E-state index contributed by atoms with van der Waals surface area (Å²) in [5.41, 5.74) is 1.28. The monoisotopic (exact) mass is 373 g/mol. The van der Waals surface area contributed by atoms with E-state index >= 15 is 0 Å². The second-order valence-corrected chi connectivity index (χ2v) is 8.57. The summed E-state index contributed by atoms with van der Waals surface area (Å²) in [6, 6.07) is 6.90. The van der Waals surface area contributed by atoms with Crippen LogP contribution in [0, 0.1) is 11.8 Å². The van der Waals surface area contributed by atoms with Crippen LogP contribution in [0.25, 0.3) is 0 Å². The van der Waals surface area contributed by atoms with Gasteiger partial charge in [0.05, 0.1) is 0 Å². The zero-order valence-corrected chi connectivity index (χ0v) is 16.0. The number of nitrogens with zero attached hydrogens (tertiary/aromatic N) is 2. The van der Waals surface area contributed by atoms with Crippen LogP contribution in [-0.4, -0.2) is 53.9 Å². The van der Waals surface area contributed by atoms with Crippen LogP contribution in [0.5, 0.6) is 11.5 Å². The zero-order chi connectivity index (χ0) is 17.5. The molecule has 3 atom stereocenters. The van der Waals surface area contributed by atoms with Crippen molar-refractivity contribution in [1.82, 2.24) is 15.1 Å². The number of benzene rings is 1. The largest absolute Gasteiger partial charge is 0.454 e. The quantitative estimate of drug-likeness (QED) is 0.821. The SMILES string of the molecule is S=C(N[C@@H]1C[C@H]2CC[C@@H]1C2)N1CCN(Cc2ccc3c(c2)OCO3)CC1. The third-order valence-electron chi connectivity index (χ3n) is 6.55. The molecule has 2 bridgehead atoms. The zero-order valence-electron chi connectivity index (χ0n) is 15.2. The van der Waals surface area contributed by atoms with E-state index < -0.39 is 0 Å². The van der Waals surface area contributed by atoms with Gasteiger partial charge in [-0.05, 0) is 61.0 Å². The fourth-order valence-corrected chi connectivity index (χ4v) is 5.41. The Balaban J connectivity index is 1.11. The lowest BCUT2D eigenvalue weighted by Gasteiger charge is -2.37. The number of rotatable bonds is 3. The molecular formula is C20H27N3O2S. The average molecular weight is 374 g/mol. The van der Waals surface area contributed by atoms with Crippen LogP contribution in [-0.2, 0) is 6.54 Å². The molecule has 140 valence electrons. The van der Waals surface area contributed by atoms with Gasteiger partial charge in [-0.1, -0.05) is 12.5 Å². The Morgan fingerprint density at radius 3 is 2.69 bits per heavy atom. The van der Waals surface area contributed by atoms with Crippen LogP contribution >= 0.6 is 12.2 Å². The highest BCUT2D eigenvalue weighted by Crippen LogP contribution is 2.44. The van der Waals surface area contributed by atoms with Crippen molar-refractivity contribution >= 4 is 17.3 Å². The Hall–Kier alpha value is -1.53. The molecule has 1 N–H and O–H groups in total. The molecule has 2 heterocycles.